The summed E-state index contributed by atoms with van der Waals surface area (Å²) in [7, 11) is 0. The van der Waals surface area contributed by atoms with Crippen molar-refractivity contribution in [2.75, 3.05) is 0 Å². The molecule has 3 rings (SSSR count). The number of hydrogen-bond acceptors (Lipinski definition) is 5. The van der Waals surface area contributed by atoms with Crippen molar-refractivity contribution < 1.29 is 4.52 Å². The molecule has 2 aromatic heterocycles. The first-order valence-corrected chi connectivity index (χ1v) is 5.79. The predicted molar refractivity (Wildman–Crippen MR) is 66.0 cm³/mol. The summed E-state index contributed by atoms with van der Waals surface area (Å²) < 4.78 is 5.09. The van der Waals surface area contributed by atoms with Crippen molar-refractivity contribution >= 4 is 10.9 Å². The summed E-state index contributed by atoms with van der Waals surface area (Å²) >= 11 is 0. The Morgan fingerprint density at radius 1 is 1.22 bits per heavy atom. The Morgan fingerprint density at radius 2 is 2.17 bits per heavy atom. The van der Waals surface area contributed by atoms with Gasteiger partial charge in [-0.15, -0.1) is 0 Å². The average Bonchev–Trinajstić information content (AvgIpc) is 2.82. The Kier molecular flexibility index (Phi) is 2.72. The van der Waals surface area contributed by atoms with E-state index in [0.717, 1.165) is 23.7 Å². The van der Waals surface area contributed by atoms with Crippen molar-refractivity contribution in [1.82, 2.24) is 20.1 Å². The van der Waals surface area contributed by atoms with Gasteiger partial charge < -0.3 is 4.52 Å². The highest BCUT2D eigenvalue weighted by atomic mass is 16.5. The standard InChI is InChI=1S/C13H12N4O/c1-9-16-13(18-17-9)5-3-10-2-4-12-11(6-10)7-14-8-15-12/h2,4,6-8H,3,5H2,1H3. The van der Waals surface area contributed by atoms with E-state index in [-0.39, 0.29) is 0 Å². The zero-order chi connectivity index (χ0) is 12.4. The van der Waals surface area contributed by atoms with Crippen molar-refractivity contribution in [3.8, 4) is 0 Å². The molecule has 3 aromatic rings. The Labute approximate surface area is 104 Å². The van der Waals surface area contributed by atoms with Crippen LogP contribution >= 0.6 is 0 Å². The fraction of sp³-hybridized carbons (Fsp3) is 0.231. The quantitative estimate of drug-likeness (QED) is 0.701. The van der Waals surface area contributed by atoms with Crippen LogP contribution in [0.5, 0.6) is 0 Å². The summed E-state index contributed by atoms with van der Waals surface area (Å²) in [6.45, 7) is 1.82. The molecule has 0 amide bonds. The van der Waals surface area contributed by atoms with Crippen LogP contribution in [0.25, 0.3) is 10.9 Å². The minimum atomic E-state index is 0.678. The van der Waals surface area contributed by atoms with E-state index in [4.69, 9.17) is 4.52 Å². The molecule has 5 nitrogen and oxygen atoms in total. The zero-order valence-corrected chi connectivity index (χ0v) is 10.00. The third-order valence-corrected chi connectivity index (χ3v) is 2.77. The lowest BCUT2D eigenvalue weighted by atomic mass is 10.1. The second-order valence-corrected chi connectivity index (χ2v) is 4.15. The van der Waals surface area contributed by atoms with Gasteiger partial charge in [-0.05, 0) is 31.0 Å². The molecule has 0 radical (unpaired) electrons. The Morgan fingerprint density at radius 3 is 3.00 bits per heavy atom. The first-order chi connectivity index (χ1) is 8.81. The lowest BCUT2D eigenvalue weighted by Gasteiger charge is -2.00. The van der Waals surface area contributed by atoms with Crippen molar-refractivity contribution in [1.29, 1.82) is 0 Å². The number of nitrogens with zero attached hydrogens (tertiary/aromatic N) is 4. The number of aryl methyl sites for hydroxylation is 3. The molecule has 90 valence electrons. The smallest absolute Gasteiger partial charge is 0.226 e. The van der Waals surface area contributed by atoms with Crippen LogP contribution in [0.1, 0.15) is 17.3 Å². The molecule has 0 fully saturated rings. The van der Waals surface area contributed by atoms with Crippen LogP contribution in [0.15, 0.2) is 35.2 Å². The van der Waals surface area contributed by atoms with Gasteiger partial charge in [-0.2, -0.15) is 4.98 Å². The summed E-state index contributed by atoms with van der Waals surface area (Å²) in [5.74, 6) is 1.36. The SMILES string of the molecule is Cc1noc(CCc2ccc3ncncc3c2)n1. The Balaban J connectivity index is 1.78. The normalized spacial score (nSPS) is 10.9. The van der Waals surface area contributed by atoms with Crippen LogP contribution < -0.4 is 0 Å². The lowest BCUT2D eigenvalue weighted by Crippen LogP contribution is -1.92. The second-order valence-electron chi connectivity index (χ2n) is 4.15. The monoisotopic (exact) mass is 240 g/mol. The van der Waals surface area contributed by atoms with Gasteiger partial charge in [0.2, 0.25) is 5.89 Å². The highest BCUT2D eigenvalue weighted by molar-refractivity contribution is 5.77. The maximum Gasteiger partial charge on any atom is 0.226 e. The predicted octanol–water partition coefficient (Wildman–Crippen LogP) is 2.11. The molecule has 0 aliphatic carbocycles. The van der Waals surface area contributed by atoms with Crippen LogP contribution in [0.4, 0.5) is 0 Å². The number of hydrogen-bond donors (Lipinski definition) is 0. The van der Waals surface area contributed by atoms with Crippen molar-refractivity contribution in [2.24, 2.45) is 0 Å². The summed E-state index contributed by atoms with van der Waals surface area (Å²) in [4.78, 5) is 12.4. The van der Waals surface area contributed by atoms with E-state index >= 15 is 0 Å². The molecule has 0 spiro atoms. The van der Waals surface area contributed by atoms with E-state index in [0.29, 0.717) is 11.7 Å². The molecule has 5 heteroatoms. The molecule has 1 aromatic carbocycles. The van der Waals surface area contributed by atoms with Crippen LogP contribution in [-0.2, 0) is 12.8 Å². The van der Waals surface area contributed by atoms with Gasteiger partial charge in [-0.3, -0.25) is 0 Å². The van der Waals surface area contributed by atoms with Gasteiger partial charge in [0.15, 0.2) is 5.82 Å². The minimum absolute atomic E-state index is 0.678. The molecule has 0 aliphatic heterocycles. The molecule has 0 unspecified atom stereocenters. The fourth-order valence-electron chi connectivity index (χ4n) is 1.88. The largest absolute Gasteiger partial charge is 0.339 e. The molecule has 0 bridgehead atoms. The second kappa shape index (κ2) is 4.52. The molecular formula is C13H12N4O. The van der Waals surface area contributed by atoms with Gasteiger partial charge in [-0.1, -0.05) is 11.2 Å². The zero-order valence-electron chi connectivity index (χ0n) is 10.00. The maximum atomic E-state index is 5.09. The van der Waals surface area contributed by atoms with Gasteiger partial charge in [0, 0.05) is 18.0 Å². The van der Waals surface area contributed by atoms with E-state index < -0.39 is 0 Å². The first-order valence-electron chi connectivity index (χ1n) is 5.79. The highest BCUT2D eigenvalue weighted by Crippen LogP contribution is 2.14. The lowest BCUT2D eigenvalue weighted by molar-refractivity contribution is 0.375. The Hall–Kier alpha value is -2.30. The molecule has 18 heavy (non-hydrogen) atoms. The van der Waals surface area contributed by atoms with E-state index in [1.54, 1.807) is 6.33 Å². The van der Waals surface area contributed by atoms with Crippen LogP contribution in [0.2, 0.25) is 0 Å². The minimum Gasteiger partial charge on any atom is -0.339 e. The topological polar surface area (TPSA) is 64.7 Å². The van der Waals surface area contributed by atoms with Gasteiger partial charge in [0.1, 0.15) is 6.33 Å². The highest BCUT2D eigenvalue weighted by Gasteiger charge is 2.04. The summed E-state index contributed by atoms with van der Waals surface area (Å²) in [5.41, 5.74) is 2.18. The van der Waals surface area contributed by atoms with Crippen LogP contribution in [0.3, 0.4) is 0 Å². The van der Waals surface area contributed by atoms with E-state index in [1.165, 1.54) is 5.56 Å². The Bertz CT molecular complexity index is 677. The molecule has 0 saturated heterocycles. The van der Waals surface area contributed by atoms with Gasteiger partial charge >= 0.3 is 0 Å². The van der Waals surface area contributed by atoms with Crippen LogP contribution in [0, 0.1) is 6.92 Å². The number of fused-ring (bicyclic) bond motifs is 1. The molecular weight excluding hydrogens is 228 g/mol. The summed E-state index contributed by atoms with van der Waals surface area (Å²) in [5, 5.41) is 4.83. The fourth-order valence-corrected chi connectivity index (χ4v) is 1.88. The molecule has 0 atom stereocenters. The molecule has 2 heterocycles. The van der Waals surface area contributed by atoms with Crippen molar-refractivity contribution in [3.63, 3.8) is 0 Å². The van der Waals surface area contributed by atoms with Gasteiger partial charge in [-0.25, -0.2) is 9.97 Å². The first kappa shape index (κ1) is 10.8. The number of rotatable bonds is 3. The van der Waals surface area contributed by atoms with Crippen molar-refractivity contribution in [3.05, 3.63) is 48.0 Å². The molecule has 0 aliphatic rings. The van der Waals surface area contributed by atoms with Crippen molar-refractivity contribution in [2.45, 2.75) is 19.8 Å². The molecule has 0 N–H and O–H groups in total. The van der Waals surface area contributed by atoms with E-state index in [9.17, 15) is 0 Å². The van der Waals surface area contributed by atoms with Gasteiger partial charge in [0.25, 0.3) is 0 Å². The van der Waals surface area contributed by atoms with Gasteiger partial charge in [0.05, 0.1) is 5.52 Å². The molecule has 0 saturated carbocycles. The number of aromatic nitrogens is 4. The van der Waals surface area contributed by atoms with E-state index in [1.807, 2.05) is 19.2 Å². The maximum absolute atomic E-state index is 5.09. The summed E-state index contributed by atoms with van der Waals surface area (Å²) in [6, 6.07) is 6.17. The average molecular weight is 240 g/mol. The third-order valence-electron chi connectivity index (χ3n) is 2.77. The summed E-state index contributed by atoms with van der Waals surface area (Å²) in [6.07, 6.45) is 5.00. The number of benzene rings is 1. The van der Waals surface area contributed by atoms with E-state index in [2.05, 4.69) is 32.2 Å². The van der Waals surface area contributed by atoms with Crippen LogP contribution in [-0.4, -0.2) is 20.1 Å². The third kappa shape index (κ3) is 2.20.